The van der Waals surface area contributed by atoms with Crippen molar-refractivity contribution in [1.29, 1.82) is 0 Å². The minimum Gasteiger partial charge on any atom is -0.382 e. The van der Waals surface area contributed by atoms with Gasteiger partial charge in [-0.3, -0.25) is 4.84 Å². The van der Waals surface area contributed by atoms with Gasteiger partial charge in [-0.25, -0.2) is 10.1 Å². The molecule has 1 rings (SSSR count). The summed E-state index contributed by atoms with van der Waals surface area (Å²) in [5, 5.41) is 1.54. The number of nitrogens with zero attached hydrogens (tertiary/aromatic N) is 2. The summed E-state index contributed by atoms with van der Waals surface area (Å²) in [6.45, 7) is 2.90. The molecular formula is C7H11N2O2. The van der Waals surface area contributed by atoms with Gasteiger partial charge in [0.25, 0.3) is 0 Å². The Labute approximate surface area is 66.1 Å². The normalized spacial score (nSPS) is 15.9. The molecule has 11 heavy (non-hydrogen) atoms. The first-order valence-corrected chi connectivity index (χ1v) is 3.37. The van der Waals surface area contributed by atoms with Crippen molar-refractivity contribution in [2.75, 3.05) is 20.3 Å². The van der Waals surface area contributed by atoms with Crippen molar-refractivity contribution in [1.82, 2.24) is 5.06 Å². The van der Waals surface area contributed by atoms with Gasteiger partial charge in [0.15, 0.2) is 0 Å². The standard InChI is InChI=1S/C7H11N2O2/c1-10-5-6-11-9-4-2-3-8-7-9/h2-4,7H,5-6H2,1H3. The number of rotatable bonds is 4. The molecule has 0 N–H and O–H groups in total. The van der Waals surface area contributed by atoms with E-state index in [-0.39, 0.29) is 0 Å². The maximum absolute atomic E-state index is 5.18. The third-order valence-electron chi connectivity index (χ3n) is 1.11. The number of hydroxylamine groups is 2. The van der Waals surface area contributed by atoms with Crippen molar-refractivity contribution < 1.29 is 9.57 Å². The Morgan fingerprint density at radius 2 is 2.36 bits per heavy atom. The first-order chi connectivity index (χ1) is 5.43. The van der Waals surface area contributed by atoms with Crippen LogP contribution in [-0.2, 0) is 9.57 Å². The minimum atomic E-state index is 0.535. The van der Waals surface area contributed by atoms with Crippen LogP contribution in [0.3, 0.4) is 0 Å². The predicted octanol–water partition coefficient (Wildman–Crippen LogP) is 0.584. The molecule has 0 amide bonds. The molecule has 0 aromatic heterocycles. The summed E-state index contributed by atoms with van der Waals surface area (Å²) in [6.07, 6.45) is 5.08. The Morgan fingerprint density at radius 1 is 1.45 bits per heavy atom. The van der Waals surface area contributed by atoms with Crippen LogP contribution in [-0.4, -0.2) is 31.7 Å². The largest absolute Gasteiger partial charge is 0.382 e. The second-order valence-corrected chi connectivity index (χ2v) is 1.94. The topological polar surface area (TPSA) is 34.1 Å². The summed E-state index contributed by atoms with van der Waals surface area (Å²) in [5.74, 6) is 0. The number of hydrogen-bond donors (Lipinski definition) is 0. The van der Waals surface area contributed by atoms with Crippen molar-refractivity contribution in [2.24, 2.45) is 4.99 Å². The molecule has 0 aliphatic carbocycles. The van der Waals surface area contributed by atoms with E-state index in [0.717, 1.165) is 0 Å². The Kier molecular flexibility index (Phi) is 3.64. The van der Waals surface area contributed by atoms with E-state index in [2.05, 4.69) is 4.99 Å². The van der Waals surface area contributed by atoms with Crippen LogP contribution in [0.4, 0.5) is 0 Å². The number of hydrogen-bond acceptors (Lipinski definition) is 4. The summed E-state index contributed by atoms with van der Waals surface area (Å²) >= 11 is 0. The van der Waals surface area contributed by atoms with E-state index in [1.165, 1.54) is 0 Å². The van der Waals surface area contributed by atoms with Gasteiger partial charge in [0.05, 0.1) is 13.2 Å². The van der Waals surface area contributed by atoms with Crippen LogP contribution >= 0.6 is 0 Å². The average Bonchev–Trinajstić information content (AvgIpc) is 2.07. The molecule has 61 valence electrons. The summed E-state index contributed by atoms with van der Waals surface area (Å²) in [4.78, 5) is 9.04. The van der Waals surface area contributed by atoms with Gasteiger partial charge in [0.1, 0.15) is 12.9 Å². The highest BCUT2D eigenvalue weighted by Crippen LogP contribution is 1.98. The van der Waals surface area contributed by atoms with Crippen molar-refractivity contribution >= 4 is 6.34 Å². The third-order valence-corrected chi connectivity index (χ3v) is 1.11. The number of methoxy groups -OCH3 is 1. The summed E-state index contributed by atoms with van der Waals surface area (Å²) < 4.78 is 4.80. The first-order valence-electron chi connectivity index (χ1n) is 3.37. The zero-order valence-corrected chi connectivity index (χ0v) is 6.43. The molecular weight excluding hydrogens is 144 g/mol. The predicted molar refractivity (Wildman–Crippen MR) is 41.6 cm³/mol. The SMILES string of the molecule is COCCON1[CH]C=CN=C1. The highest BCUT2D eigenvalue weighted by molar-refractivity contribution is 5.57. The van der Waals surface area contributed by atoms with Crippen molar-refractivity contribution in [3.8, 4) is 0 Å². The van der Waals surface area contributed by atoms with Crippen LogP contribution in [0.1, 0.15) is 0 Å². The molecule has 0 aromatic rings. The quantitative estimate of drug-likeness (QED) is 0.557. The first kappa shape index (κ1) is 8.23. The van der Waals surface area contributed by atoms with Gasteiger partial charge in [-0.15, -0.1) is 0 Å². The van der Waals surface area contributed by atoms with Gasteiger partial charge in [0.2, 0.25) is 0 Å². The second-order valence-electron chi connectivity index (χ2n) is 1.94. The lowest BCUT2D eigenvalue weighted by molar-refractivity contribution is -0.0851. The maximum atomic E-state index is 5.18. The number of ether oxygens (including phenoxy) is 1. The van der Waals surface area contributed by atoms with Gasteiger partial charge < -0.3 is 4.74 Å². The molecule has 0 bridgehead atoms. The van der Waals surface area contributed by atoms with Gasteiger partial charge in [-0.1, -0.05) is 0 Å². The lowest BCUT2D eigenvalue weighted by Gasteiger charge is -2.17. The van der Waals surface area contributed by atoms with Crippen molar-refractivity contribution in [2.45, 2.75) is 0 Å². The minimum absolute atomic E-state index is 0.535. The Morgan fingerprint density at radius 3 is 3.00 bits per heavy atom. The Bertz CT molecular complexity index is 157. The summed E-state index contributed by atoms with van der Waals surface area (Å²) in [6, 6.07) is 0. The van der Waals surface area contributed by atoms with E-state index in [0.29, 0.717) is 13.2 Å². The van der Waals surface area contributed by atoms with Crippen LogP contribution in [0, 0.1) is 6.54 Å². The van der Waals surface area contributed by atoms with E-state index in [9.17, 15) is 0 Å². The average molecular weight is 155 g/mol. The Hall–Kier alpha value is -0.870. The third kappa shape index (κ3) is 3.15. The van der Waals surface area contributed by atoms with E-state index in [1.807, 2.05) is 0 Å². The van der Waals surface area contributed by atoms with Crippen LogP contribution in [0.2, 0.25) is 0 Å². The lowest BCUT2D eigenvalue weighted by Crippen LogP contribution is -2.22. The number of aliphatic imine (C=N–C) groups is 1. The fraction of sp³-hybridized carbons (Fsp3) is 0.429. The molecule has 0 unspecified atom stereocenters. The van der Waals surface area contributed by atoms with E-state index >= 15 is 0 Å². The molecule has 0 saturated carbocycles. The lowest BCUT2D eigenvalue weighted by atomic mass is 10.5. The highest BCUT2D eigenvalue weighted by atomic mass is 16.7. The molecule has 1 aliphatic heterocycles. The van der Waals surface area contributed by atoms with E-state index < -0.39 is 0 Å². The molecule has 4 nitrogen and oxygen atoms in total. The van der Waals surface area contributed by atoms with Gasteiger partial charge in [-0.2, -0.15) is 0 Å². The Balaban J connectivity index is 2.07. The van der Waals surface area contributed by atoms with E-state index in [1.54, 1.807) is 37.3 Å². The monoisotopic (exact) mass is 155 g/mol. The molecule has 4 heteroatoms. The highest BCUT2D eigenvalue weighted by Gasteiger charge is 1.99. The zero-order chi connectivity index (χ0) is 7.94. The maximum Gasteiger partial charge on any atom is 0.116 e. The zero-order valence-electron chi connectivity index (χ0n) is 6.43. The molecule has 0 fully saturated rings. The van der Waals surface area contributed by atoms with E-state index in [4.69, 9.17) is 9.57 Å². The molecule has 0 spiro atoms. The van der Waals surface area contributed by atoms with Crippen LogP contribution in [0.15, 0.2) is 17.3 Å². The second kappa shape index (κ2) is 4.87. The van der Waals surface area contributed by atoms with Crippen LogP contribution in [0.5, 0.6) is 0 Å². The van der Waals surface area contributed by atoms with Gasteiger partial charge in [-0.05, 0) is 6.08 Å². The smallest absolute Gasteiger partial charge is 0.116 e. The summed E-state index contributed by atoms with van der Waals surface area (Å²) in [5.41, 5.74) is 0. The molecule has 1 aliphatic rings. The molecule has 1 heterocycles. The van der Waals surface area contributed by atoms with Crippen molar-refractivity contribution in [3.63, 3.8) is 0 Å². The fourth-order valence-corrected chi connectivity index (χ4v) is 0.618. The van der Waals surface area contributed by atoms with Crippen LogP contribution in [0.25, 0.3) is 0 Å². The molecule has 0 aromatic carbocycles. The van der Waals surface area contributed by atoms with Gasteiger partial charge in [0, 0.05) is 13.3 Å². The fourth-order valence-electron chi connectivity index (χ4n) is 0.618. The molecule has 0 atom stereocenters. The summed E-state index contributed by atoms with van der Waals surface area (Å²) in [7, 11) is 1.64. The van der Waals surface area contributed by atoms with Crippen LogP contribution < -0.4 is 0 Å². The molecule has 0 saturated heterocycles. The van der Waals surface area contributed by atoms with Gasteiger partial charge >= 0.3 is 0 Å². The van der Waals surface area contributed by atoms with Crippen molar-refractivity contribution in [3.05, 3.63) is 18.8 Å². The molecule has 1 radical (unpaired) electrons.